The van der Waals surface area contributed by atoms with E-state index < -0.39 is 6.04 Å². The summed E-state index contributed by atoms with van der Waals surface area (Å²) < 4.78 is 13.0. The number of anilines is 2. The number of rotatable bonds is 7. The molecule has 2 heterocycles. The molecule has 2 aromatic carbocycles. The van der Waals surface area contributed by atoms with E-state index in [4.69, 9.17) is 9.47 Å². The van der Waals surface area contributed by atoms with Gasteiger partial charge < -0.3 is 20.1 Å². The van der Waals surface area contributed by atoms with E-state index in [9.17, 15) is 4.79 Å². The summed E-state index contributed by atoms with van der Waals surface area (Å²) in [5.41, 5.74) is 2.64. The van der Waals surface area contributed by atoms with Gasteiger partial charge in [-0.05, 0) is 38.3 Å². The van der Waals surface area contributed by atoms with Gasteiger partial charge in [-0.25, -0.2) is 4.68 Å². The summed E-state index contributed by atoms with van der Waals surface area (Å²) in [5.74, 6) is 1.60. The van der Waals surface area contributed by atoms with Gasteiger partial charge in [0.2, 0.25) is 11.1 Å². The average Bonchev–Trinajstić information content (AvgIpc) is 3.22. The minimum Gasteiger partial charge on any atom is -0.495 e. The number of hydrogen-bond donors (Lipinski definition) is 2. The molecular formula is C23H25N5O3S. The van der Waals surface area contributed by atoms with Gasteiger partial charge in [0.25, 0.3) is 5.91 Å². The maximum Gasteiger partial charge on any atom is 0.255 e. The normalized spacial score (nSPS) is 15.1. The molecule has 8 nitrogen and oxygen atoms in total. The number of thioether (sulfide) groups is 1. The van der Waals surface area contributed by atoms with Crippen molar-refractivity contribution < 1.29 is 14.3 Å². The standard InChI is InChI=1S/C23H25N5O3S/c1-5-31-17-12-8-6-10-15(17)20-19(14(2)24-22-26-23(32-4)27-28(20)22)21(29)25-16-11-7-9-13-18(16)30-3/h6-13,20H,5H2,1-4H3,(H,25,29)(H,24,26,27)/t20-/m0/s1. The van der Waals surface area contributed by atoms with Gasteiger partial charge in [-0.15, -0.1) is 5.10 Å². The monoisotopic (exact) mass is 451 g/mol. The second-order valence-electron chi connectivity index (χ2n) is 7.06. The Balaban J connectivity index is 1.83. The Morgan fingerprint density at radius 2 is 1.91 bits per heavy atom. The van der Waals surface area contributed by atoms with Crippen molar-refractivity contribution in [3.8, 4) is 11.5 Å². The molecule has 1 atom stereocenters. The van der Waals surface area contributed by atoms with Crippen LogP contribution in [-0.4, -0.2) is 40.6 Å². The topological polar surface area (TPSA) is 90.3 Å². The molecule has 0 fully saturated rings. The summed E-state index contributed by atoms with van der Waals surface area (Å²) in [5, 5.41) is 11.5. The zero-order valence-corrected chi connectivity index (χ0v) is 19.2. The van der Waals surface area contributed by atoms with Crippen molar-refractivity contribution in [1.29, 1.82) is 0 Å². The van der Waals surface area contributed by atoms with E-state index in [0.29, 0.717) is 46.2 Å². The lowest BCUT2D eigenvalue weighted by Crippen LogP contribution is -2.31. The number of carbonyl (C=O) groups is 1. The number of methoxy groups -OCH3 is 1. The van der Waals surface area contributed by atoms with Crippen molar-refractivity contribution in [3.05, 3.63) is 65.4 Å². The summed E-state index contributed by atoms with van der Waals surface area (Å²) in [6.45, 7) is 4.31. The van der Waals surface area contributed by atoms with E-state index >= 15 is 0 Å². The van der Waals surface area contributed by atoms with Gasteiger partial charge in [-0.2, -0.15) is 4.98 Å². The zero-order chi connectivity index (χ0) is 22.7. The summed E-state index contributed by atoms with van der Waals surface area (Å²) in [4.78, 5) is 18.2. The third kappa shape index (κ3) is 4.03. The molecule has 4 rings (SSSR count). The minimum absolute atomic E-state index is 0.261. The number of aromatic nitrogens is 3. The molecule has 3 aromatic rings. The highest BCUT2D eigenvalue weighted by Crippen LogP contribution is 2.40. The van der Waals surface area contributed by atoms with Gasteiger partial charge in [0.15, 0.2) is 0 Å². The molecule has 0 spiro atoms. The molecular weight excluding hydrogens is 426 g/mol. The van der Waals surface area contributed by atoms with E-state index in [-0.39, 0.29) is 5.91 Å². The van der Waals surface area contributed by atoms with Gasteiger partial charge in [0.05, 0.1) is 25.0 Å². The Kier molecular flexibility index (Phi) is 6.36. The molecule has 0 unspecified atom stereocenters. The zero-order valence-electron chi connectivity index (χ0n) is 18.4. The predicted molar refractivity (Wildman–Crippen MR) is 125 cm³/mol. The first kappa shape index (κ1) is 21.8. The van der Waals surface area contributed by atoms with Crippen molar-refractivity contribution >= 4 is 29.3 Å². The number of hydrogen-bond acceptors (Lipinski definition) is 7. The number of nitrogens with one attached hydrogen (secondary N) is 2. The van der Waals surface area contributed by atoms with Crippen LogP contribution in [0.1, 0.15) is 25.5 Å². The number of ether oxygens (including phenoxy) is 2. The number of fused-ring (bicyclic) bond motifs is 1. The van der Waals surface area contributed by atoms with Crippen LogP contribution in [0.25, 0.3) is 0 Å². The van der Waals surface area contributed by atoms with E-state index in [1.807, 2.05) is 56.5 Å². The Morgan fingerprint density at radius 1 is 1.19 bits per heavy atom. The fraction of sp³-hybridized carbons (Fsp3) is 0.261. The first-order chi connectivity index (χ1) is 15.6. The number of amides is 1. The maximum atomic E-state index is 13.6. The van der Waals surface area contributed by atoms with Crippen molar-refractivity contribution in [1.82, 2.24) is 14.8 Å². The maximum absolute atomic E-state index is 13.6. The Hall–Kier alpha value is -3.46. The van der Waals surface area contributed by atoms with E-state index in [1.54, 1.807) is 23.9 Å². The Bertz CT molecular complexity index is 1170. The van der Waals surface area contributed by atoms with Gasteiger partial charge >= 0.3 is 0 Å². The molecule has 0 saturated carbocycles. The quantitative estimate of drug-likeness (QED) is 0.517. The van der Waals surface area contributed by atoms with Crippen LogP contribution >= 0.6 is 11.8 Å². The summed E-state index contributed by atoms with van der Waals surface area (Å²) in [6, 6.07) is 14.5. The van der Waals surface area contributed by atoms with E-state index in [1.165, 1.54) is 11.8 Å². The molecule has 1 amide bonds. The molecule has 0 saturated heterocycles. The van der Waals surface area contributed by atoms with Gasteiger partial charge in [-0.1, -0.05) is 42.1 Å². The molecule has 2 N–H and O–H groups in total. The highest BCUT2D eigenvalue weighted by atomic mass is 32.2. The molecule has 1 aromatic heterocycles. The second-order valence-corrected chi connectivity index (χ2v) is 7.83. The fourth-order valence-corrected chi connectivity index (χ4v) is 4.08. The number of carbonyl (C=O) groups excluding carboxylic acids is 1. The third-order valence-electron chi connectivity index (χ3n) is 5.13. The van der Waals surface area contributed by atoms with Crippen LogP contribution in [-0.2, 0) is 4.79 Å². The summed E-state index contributed by atoms with van der Waals surface area (Å²) >= 11 is 1.44. The van der Waals surface area contributed by atoms with Crippen LogP contribution in [0.3, 0.4) is 0 Å². The van der Waals surface area contributed by atoms with Crippen LogP contribution in [0, 0.1) is 0 Å². The van der Waals surface area contributed by atoms with Gasteiger partial charge in [0, 0.05) is 11.3 Å². The first-order valence-electron chi connectivity index (χ1n) is 10.2. The summed E-state index contributed by atoms with van der Waals surface area (Å²) in [6.07, 6.45) is 1.92. The Morgan fingerprint density at radius 3 is 2.62 bits per heavy atom. The van der Waals surface area contributed by atoms with Crippen LogP contribution in [0.5, 0.6) is 11.5 Å². The molecule has 1 aliphatic heterocycles. The van der Waals surface area contributed by atoms with Crippen molar-refractivity contribution in [2.24, 2.45) is 0 Å². The van der Waals surface area contributed by atoms with Crippen LogP contribution in [0.15, 0.2) is 65.0 Å². The molecule has 0 radical (unpaired) electrons. The lowest BCUT2D eigenvalue weighted by atomic mass is 9.94. The van der Waals surface area contributed by atoms with E-state index in [2.05, 4.69) is 20.7 Å². The smallest absolute Gasteiger partial charge is 0.255 e. The van der Waals surface area contributed by atoms with E-state index in [0.717, 1.165) is 5.56 Å². The lowest BCUT2D eigenvalue weighted by Gasteiger charge is -2.29. The fourth-order valence-electron chi connectivity index (χ4n) is 3.73. The highest BCUT2D eigenvalue weighted by molar-refractivity contribution is 7.98. The first-order valence-corrected chi connectivity index (χ1v) is 11.4. The van der Waals surface area contributed by atoms with Gasteiger partial charge in [-0.3, -0.25) is 4.79 Å². The van der Waals surface area contributed by atoms with Crippen LogP contribution in [0.2, 0.25) is 0 Å². The molecule has 9 heteroatoms. The largest absolute Gasteiger partial charge is 0.495 e. The number of nitrogens with zero attached hydrogens (tertiary/aromatic N) is 3. The molecule has 1 aliphatic rings. The van der Waals surface area contributed by atoms with Crippen molar-refractivity contribution in [2.75, 3.05) is 30.6 Å². The molecule has 32 heavy (non-hydrogen) atoms. The average molecular weight is 452 g/mol. The Labute approximate surface area is 191 Å². The molecule has 0 bridgehead atoms. The molecule has 166 valence electrons. The highest BCUT2D eigenvalue weighted by Gasteiger charge is 2.36. The lowest BCUT2D eigenvalue weighted by molar-refractivity contribution is -0.113. The van der Waals surface area contributed by atoms with Crippen LogP contribution in [0.4, 0.5) is 11.6 Å². The predicted octanol–water partition coefficient (Wildman–Crippen LogP) is 4.33. The number of benzene rings is 2. The van der Waals surface area contributed by atoms with Crippen LogP contribution < -0.4 is 20.1 Å². The minimum atomic E-state index is -0.517. The van der Waals surface area contributed by atoms with Gasteiger partial charge in [0.1, 0.15) is 17.5 Å². The number of para-hydroxylation sites is 3. The second kappa shape index (κ2) is 9.35. The van der Waals surface area contributed by atoms with Crippen molar-refractivity contribution in [3.63, 3.8) is 0 Å². The number of allylic oxidation sites excluding steroid dienone is 1. The summed E-state index contributed by atoms with van der Waals surface area (Å²) in [7, 11) is 1.57. The van der Waals surface area contributed by atoms with Crippen molar-refractivity contribution in [2.45, 2.75) is 25.0 Å². The SMILES string of the molecule is CCOc1ccccc1[C@H]1C(C(=O)Nc2ccccc2OC)=C(C)Nc2nc(SC)nn21. The third-order valence-corrected chi connectivity index (χ3v) is 5.67. The molecule has 0 aliphatic carbocycles.